The molecule has 3 aliphatic rings. The fourth-order valence-corrected chi connectivity index (χ4v) is 9.02. The number of rotatable bonds is 17. The number of halogens is 1. The number of esters is 1. The van der Waals surface area contributed by atoms with Crippen molar-refractivity contribution in [2.24, 2.45) is 11.8 Å². The maximum absolute atomic E-state index is 14.9. The van der Waals surface area contributed by atoms with Gasteiger partial charge in [0.25, 0.3) is 0 Å². The van der Waals surface area contributed by atoms with Crippen LogP contribution in [0.25, 0.3) is 0 Å². The lowest BCUT2D eigenvalue weighted by Crippen LogP contribution is -2.57. The quantitative estimate of drug-likeness (QED) is 0.131. The van der Waals surface area contributed by atoms with Gasteiger partial charge in [0, 0.05) is 31.4 Å². The van der Waals surface area contributed by atoms with Gasteiger partial charge in [-0.3, -0.25) is 19.2 Å². The number of hydrogen-bond acceptors (Lipinski definition) is 7. The van der Waals surface area contributed by atoms with E-state index in [1.54, 1.807) is 29.0 Å². The van der Waals surface area contributed by atoms with Crippen molar-refractivity contribution < 1.29 is 33.8 Å². The summed E-state index contributed by atoms with van der Waals surface area (Å²) in [5, 5.41) is 10.8. The molecule has 3 aliphatic heterocycles. The number of amides is 3. The maximum Gasteiger partial charge on any atom is 0.313 e. The Hall–Kier alpha value is -3.80. The van der Waals surface area contributed by atoms with E-state index >= 15 is 0 Å². The van der Waals surface area contributed by atoms with Crippen LogP contribution in [0.4, 0.5) is 0 Å². The van der Waals surface area contributed by atoms with Gasteiger partial charge >= 0.3 is 5.97 Å². The lowest BCUT2D eigenvalue weighted by Gasteiger charge is -2.39. The van der Waals surface area contributed by atoms with Crippen LogP contribution in [0, 0.1) is 11.8 Å². The number of likely N-dealkylation sites (tertiary alicyclic amines) is 1. The average molecular weight is 765 g/mol. The van der Waals surface area contributed by atoms with Crippen LogP contribution in [-0.2, 0) is 28.7 Å². The van der Waals surface area contributed by atoms with Crippen LogP contribution in [0.1, 0.15) is 69.2 Å². The third kappa shape index (κ3) is 7.30. The summed E-state index contributed by atoms with van der Waals surface area (Å²) in [7, 11) is 1.69. The molecule has 3 fully saturated rings. The van der Waals surface area contributed by atoms with Gasteiger partial charge in [-0.05, 0) is 37.3 Å². The summed E-state index contributed by atoms with van der Waals surface area (Å²) in [6.07, 6.45) is 4.46. The van der Waals surface area contributed by atoms with E-state index in [0.29, 0.717) is 30.5 Å². The highest BCUT2D eigenvalue weighted by molar-refractivity contribution is 9.09. The van der Waals surface area contributed by atoms with Crippen molar-refractivity contribution in [3.8, 4) is 0 Å². The fraction of sp³-hybridized carbons (Fsp3) is 0.500. The molecule has 5 rings (SSSR count). The van der Waals surface area contributed by atoms with Crippen molar-refractivity contribution in [2.45, 2.75) is 86.7 Å². The minimum Gasteiger partial charge on any atom is -0.455 e. The number of allylic oxidation sites excluding steroid dienone is 1. The lowest BCUT2D eigenvalue weighted by molar-refractivity contribution is -0.165. The molecule has 2 aromatic carbocycles. The summed E-state index contributed by atoms with van der Waals surface area (Å²) >= 11 is 3.75. The van der Waals surface area contributed by atoms with Crippen LogP contribution < -0.4 is 0 Å². The van der Waals surface area contributed by atoms with Crippen molar-refractivity contribution in [3.05, 3.63) is 97.1 Å². The third-order valence-electron chi connectivity index (χ3n) is 10.7. The molecule has 1 spiro atoms. The molecular weight excluding hydrogens is 714 g/mol. The van der Waals surface area contributed by atoms with Crippen molar-refractivity contribution in [1.29, 1.82) is 0 Å². The van der Waals surface area contributed by atoms with Crippen molar-refractivity contribution >= 4 is 39.6 Å². The summed E-state index contributed by atoms with van der Waals surface area (Å²) in [6.45, 7) is 11.8. The van der Waals surface area contributed by atoms with Crippen LogP contribution in [0.3, 0.4) is 0 Å². The highest BCUT2D eigenvalue weighted by Gasteiger charge is 2.77. The van der Waals surface area contributed by atoms with Gasteiger partial charge in [0.05, 0.1) is 36.6 Å². The van der Waals surface area contributed by atoms with Crippen LogP contribution in [-0.4, -0.2) is 98.9 Å². The Labute approximate surface area is 309 Å². The number of benzene rings is 2. The highest BCUT2D eigenvalue weighted by Crippen LogP contribution is 2.61. The highest BCUT2D eigenvalue weighted by atomic mass is 79.9. The van der Waals surface area contributed by atoms with Gasteiger partial charge in [-0.1, -0.05) is 102 Å². The molecule has 274 valence electrons. The largest absolute Gasteiger partial charge is 0.455 e. The van der Waals surface area contributed by atoms with Crippen LogP contribution >= 0.6 is 15.9 Å². The van der Waals surface area contributed by atoms with Crippen LogP contribution in [0.2, 0.25) is 0 Å². The second-order valence-corrected chi connectivity index (χ2v) is 15.0. The first kappa shape index (κ1) is 38.4. The number of ether oxygens (including phenoxy) is 2. The summed E-state index contributed by atoms with van der Waals surface area (Å²) in [6, 6.07) is 15.8. The Morgan fingerprint density at radius 2 is 1.75 bits per heavy atom. The van der Waals surface area contributed by atoms with E-state index in [1.165, 1.54) is 4.90 Å². The van der Waals surface area contributed by atoms with E-state index < -0.39 is 66.3 Å². The van der Waals surface area contributed by atoms with Gasteiger partial charge in [-0.25, -0.2) is 0 Å². The molecule has 0 saturated carbocycles. The Bertz CT molecular complexity index is 1570. The van der Waals surface area contributed by atoms with Crippen LogP contribution in [0.5, 0.6) is 0 Å². The molecule has 3 saturated heterocycles. The monoisotopic (exact) mass is 763 g/mol. The molecule has 51 heavy (non-hydrogen) atoms. The van der Waals surface area contributed by atoms with Gasteiger partial charge in [0.1, 0.15) is 17.7 Å². The van der Waals surface area contributed by atoms with E-state index in [0.717, 1.165) is 12.8 Å². The summed E-state index contributed by atoms with van der Waals surface area (Å²) < 4.78 is 13.1. The molecule has 0 aliphatic carbocycles. The molecule has 0 radical (unpaired) electrons. The van der Waals surface area contributed by atoms with Gasteiger partial charge in [-0.15, -0.1) is 13.2 Å². The lowest BCUT2D eigenvalue weighted by atomic mass is 9.70. The van der Waals surface area contributed by atoms with Crippen molar-refractivity contribution in [1.82, 2.24) is 14.7 Å². The molecule has 10 nitrogen and oxygen atoms in total. The second kappa shape index (κ2) is 16.7. The van der Waals surface area contributed by atoms with Gasteiger partial charge in [0.2, 0.25) is 17.7 Å². The number of hydrogen-bond donors (Lipinski definition) is 1. The smallest absolute Gasteiger partial charge is 0.313 e. The minimum absolute atomic E-state index is 0.117. The predicted molar refractivity (Wildman–Crippen MR) is 197 cm³/mol. The van der Waals surface area contributed by atoms with Crippen molar-refractivity contribution in [3.63, 3.8) is 0 Å². The molecule has 1 unspecified atom stereocenters. The number of carbonyl (C=O) groups is 4. The number of alkyl halides is 1. The Morgan fingerprint density at radius 3 is 2.33 bits per heavy atom. The molecule has 1 N–H and O–H groups in total. The zero-order valence-corrected chi connectivity index (χ0v) is 31.3. The number of carbonyl (C=O) groups excluding carboxylic acids is 4. The Morgan fingerprint density at radius 1 is 1.10 bits per heavy atom. The fourth-order valence-electron chi connectivity index (χ4n) is 8.07. The number of fused-ring (bicyclic) bond motifs is 1. The number of aliphatic hydroxyl groups is 1. The van der Waals surface area contributed by atoms with E-state index in [1.807, 2.05) is 74.5 Å². The third-order valence-corrected chi connectivity index (χ3v) is 11.6. The topological polar surface area (TPSA) is 117 Å². The number of unbranched alkanes of at least 4 members (excludes halogenated alkanes) is 1. The Kier molecular flexibility index (Phi) is 12.6. The van der Waals surface area contributed by atoms with Gasteiger partial charge in [0.15, 0.2) is 0 Å². The first-order chi connectivity index (χ1) is 24.6. The number of aliphatic hydroxyl groups excluding tert-OH is 1. The summed E-state index contributed by atoms with van der Waals surface area (Å²) in [5.74, 6) is -3.58. The average Bonchev–Trinajstić information content (AvgIpc) is 3.74. The van der Waals surface area contributed by atoms with E-state index in [-0.39, 0.29) is 29.6 Å². The minimum atomic E-state index is -1.35. The predicted octanol–water partition coefficient (Wildman–Crippen LogP) is 5.38. The molecule has 9 atom stereocenters. The van der Waals surface area contributed by atoms with E-state index in [4.69, 9.17) is 9.47 Å². The standard InChI is InChI=1S/C40H50BrN3O7/c1-6-9-21-31(46)42(5)26(4)34(28-19-15-12-16-20-28)50-39(49)32-33-37(47)44(30(25-45)27-17-13-11-14-18-27)36(40(33)24-29(41)35(32)51-40)38(48)43(22-8-3)23-10-7-2/h6,8,11-20,26,29-30,32-36,45H,1,3,7,9-10,21-25H2,2,4-5H3/t26-,29?,30-,32-,33+,34+,35-,36-,40+/m1/s1. The molecule has 0 aromatic heterocycles. The van der Waals surface area contributed by atoms with E-state index in [2.05, 4.69) is 29.1 Å². The SMILES string of the molecule is C=CCCC(=O)N(C)[C@H](C)[C@H](OC(=O)[C@H]1[C@@H]2O[C@@]3(CC2Br)[C@@H]1C(=O)N([C@H](CO)c1ccccc1)[C@@H]3C(=O)N(CC=C)CCCC)c1ccccc1. The van der Waals surface area contributed by atoms with Gasteiger partial charge < -0.3 is 29.3 Å². The molecule has 3 amide bonds. The first-order valence-corrected chi connectivity index (χ1v) is 18.8. The molecular formula is C40H50BrN3O7. The van der Waals surface area contributed by atoms with Crippen LogP contribution in [0.15, 0.2) is 86.0 Å². The number of nitrogens with zero attached hydrogens (tertiary/aromatic N) is 3. The normalized spacial score (nSPS) is 26.6. The summed E-state index contributed by atoms with van der Waals surface area (Å²) in [4.78, 5) is 61.8. The molecule has 3 heterocycles. The molecule has 2 bridgehead atoms. The van der Waals surface area contributed by atoms with Crippen molar-refractivity contribution in [2.75, 3.05) is 26.7 Å². The first-order valence-electron chi connectivity index (χ1n) is 17.9. The molecule has 11 heteroatoms. The maximum atomic E-state index is 14.9. The number of likely N-dealkylation sites (N-methyl/N-ethyl adjacent to an activating group) is 1. The zero-order valence-electron chi connectivity index (χ0n) is 29.7. The van der Waals surface area contributed by atoms with Gasteiger partial charge in [-0.2, -0.15) is 0 Å². The van der Waals surface area contributed by atoms with E-state index in [9.17, 15) is 24.3 Å². The Balaban J connectivity index is 1.56. The second-order valence-electron chi connectivity index (χ2n) is 13.8. The summed E-state index contributed by atoms with van der Waals surface area (Å²) in [5.41, 5.74) is 0.0109. The molecule has 2 aromatic rings. The zero-order chi connectivity index (χ0) is 36.9.